The van der Waals surface area contributed by atoms with Gasteiger partial charge in [-0.1, -0.05) is 22.5 Å². The monoisotopic (exact) mass is 324 g/mol. The van der Waals surface area contributed by atoms with Gasteiger partial charge in [0.15, 0.2) is 6.23 Å². The zero-order valence-corrected chi connectivity index (χ0v) is 12.0. The minimum atomic E-state index is -0.292. The zero-order valence-electron chi connectivity index (χ0n) is 10.4. The van der Waals surface area contributed by atoms with Crippen molar-refractivity contribution in [3.63, 3.8) is 0 Å². The minimum Gasteiger partial charge on any atom is -0.356 e. The van der Waals surface area contributed by atoms with E-state index in [1.54, 1.807) is 10.8 Å². The molecule has 1 aromatic carbocycles. The predicted octanol–water partition coefficient (Wildman–Crippen LogP) is 4.28. The van der Waals surface area contributed by atoms with Crippen LogP contribution in [0.1, 0.15) is 31.2 Å². The van der Waals surface area contributed by atoms with Crippen LogP contribution in [0.2, 0.25) is 0 Å². The third-order valence-corrected chi connectivity index (χ3v) is 3.83. The standard InChI is InChI=1S/C14H14BrFN2O/c1-2-12-10-7-9(15)8-11(16)14(10)18(17-12)13-5-3-4-6-19-13/h2,7-8,13H,1,3-6H2. The lowest BCUT2D eigenvalue weighted by atomic mass is 10.1. The van der Waals surface area contributed by atoms with Crippen LogP contribution in [0.15, 0.2) is 23.2 Å². The molecule has 0 spiro atoms. The molecule has 1 unspecified atom stereocenters. The maximum Gasteiger partial charge on any atom is 0.151 e. The summed E-state index contributed by atoms with van der Waals surface area (Å²) in [6.45, 7) is 4.45. The van der Waals surface area contributed by atoms with Crippen molar-refractivity contribution in [2.75, 3.05) is 6.61 Å². The highest BCUT2D eigenvalue weighted by Crippen LogP contribution is 2.31. The van der Waals surface area contributed by atoms with Crippen molar-refractivity contribution in [3.05, 3.63) is 34.7 Å². The summed E-state index contributed by atoms with van der Waals surface area (Å²) in [5, 5.41) is 5.21. The van der Waals surface area contributed by atoms with E-state index < -0.39 is 0 Å². The Hall–Kier alpha value is -1.20. The molecule has 1 aliphatic heterocycles. The largest absolute Gasteiger partial charge is 0.356 e. The van der Waals surface area contributed by atoms with E-state index in [1.807, 2.05) is 6.07 Å². The molecule has 19 heavy (non-hydrogen) atoms. The molecule has 1 fully saturated rings. The van der Waals surface area contributed by atoms with E-state index in [9.17, 15) is 4.39 Å². The first kappa shape index (κ1) is 12.8. The van der Waals surface area contributed by atoms with Gasteiger partial charge < -0.3 is 4.74 Å². The zero-order chi connectivity index (χ0) is 13.4. The highest BCUT2D eigenvalue weighted by atomic mass is 79.9. The summed E-state index contributed by atoms with van der Waals surface area (Å²) in [6.07, 6.45) is 4.46. The normalized spacial score (nSPS) is 19.8. The van der Waals surface area contributed by atoms with Crippen molar-refractivity contribution in [1.29, 1.82) is 0 Å². The Balaban J connectivity index is 2.21. The molecule has 0 aliphatic carbocycles. The van der Waals surface area contributed by atoms with E-state index in [4.69, 9.17) is 4.74 Å². The molecule has 0 radical (unpaired) electrons. The van der Waals surface area contributed by atoms with E-state index >= 15 is 0 Å². The van der Waals surface area contributed by atoms with Gasteiger partial charge in [0.2, 0.25) is 0 Å². The fraction of sp³-hybridized carbons (Fsp3) is 0.357. The van der Waals surface area contributed by atoms with Crippen LogP contribution >= 0.6 is 15.9 Å². The average Bonchev–Trinajstić information content (AvgIpc) is 2.78. The Morgan fingerprint density at radius 1 is 1.47 bits per heavy atom. The van der Waals surface area contributed by atoms with Crippen molar-refractivity contribution in [2.24, 2.45) is 0 Å². The molecule has 0 saturated carbocycles. The topological polar surface area (TPSA) is 27.1 Å². The number of benzene rings is 1. The van der Waals surface area contributed by atoms with Gasteiger partial charge in [0, 0.05) is 16.5 Å². The average molecular weight is 325 g/mol. The number of ether oxygens (including phenoxy) is 1. The van der Waals surface area contributed by atoms with Gasteiger partial charge in [0.1, 0.15) is 11.3 Å². The maximum atomic E-state index is 14.2. The summed E-state index contributed by atoms with van der Waals surface area (Å²) in [6, 6.07) is 3.32. The summed E-state index contributed by atoms with van der Waals surface area (Å²) in [5.41, 5.74) is 1.18. The van der Waals surface area contributed by atoms with Gasteiger partial charge in [0.05, 0.1) is 5.69 Å². The fourth-order valence-corrected chi connectivity index (χ4v) is 2.92. The fourth-order valence-electron chi connectivity index (χ4n) is 2.49. The first-order chi connectivity index (χ1) is 9.20. The second-order valence-electron chi connectivity index (χ2n) is 4.64. The number of nitrogens with zero attached hydrogens (tertiary/aromatic N) is 2. The van der Waals surface area contributed by atoms with Crippen molar-refractivity contribution < 1.29 is 9.13 Å². The van der Waals surface area contributed by atoms with Crippen LogP contribution < -0.4 is 0 Å². The van der Waals surface area contributed by atoms with Crippen LogP contribution in [-0.2, 0) is 4.74 Å². The maximum absolute atomic E-state index is 14.2. The molecule has 2 aromatic rings. The summed E-state index contributed by atoms with van der Waals surface area (Å²) in [4.78, 5) is 0. The molecular weight excluding hydrogens is 311 g/mol. The van der Waals surface area contributed by atoms with Gasteiger partial charge >= 0.3 is 0 Å². The Morgan fingerprint density at radius 2 is 2.32 bits per heavy atom. The Labute approximate surface area is 119 Å². The number of hydrogen-bond donors (Lipinski definition) is 0. The van der Waals surface area contributed by atoms with Crippen molar-refractivity contribution in [3.8, 4) is 0 Å². The molecule has 1 aliphatic rings. The Bertz CT molecular complexity index is 632. The second-order valence-corrected chi connectivity index (χ2v) is 5.55. The van der Waals surface area contributed by atoms with Crippen LogP contribution in [-0.4, -0.2) is 16.4 Å². The van der Waals surface area contributed by atoms with Crippen LogP contribution in [0.25, 0.3) is 17.0 Å². The van der Waals surface area contributed by atoms with Crippen LogP contribution in [0.5, 0.6) is 0 Å². The van der Waals surface area contributed by atoms with Crippen LogP contribution in [0, 0.1) is 5.82 Å². The molecule has 1 aromatic heterocycles. The molecule has 5 heteroatoms. The summed E-state index contributed by atoms with van der Waals surface area (Å²) >= 11 is 3.31. The lowest BCUT2D eigenvalue weighted by molar-refractivity contribution is -0.0369. The molecule has 100 valence electrons. The SMILES string of the molecule is C=Cc1nn(C2CCCCO2)c2c(F)cc(Br)cc12. The predicted molar refractivity (Wildman–Crippen MR) is 76.3 cm³/mol. The Kier molecular flexibility index (Phi) is 3.41. The van der Waals surface area contributed by atoms with Gasteiger partial charge in [-0.25, -0.2) is 9.07 Å². The number of halogens is 2. The first-order valence-electron chi connectivity index (χ1n) is 6.32. The highest BCUT2D eigenvalue weighted by Gasteiger charge is 2.22. The molecule has 3 nitrogen and oxygen atoms in total. The van der Waals surface area contributed by atoms with Crippen molar-refractivity contribution >= 4 is 32.9 Å². The van der Waals surface area contributed by atoms with E-state index in [1.165, 1.54) is 6.07 Å². The number of aromatic nitrogens is 2. The van der Waals surface area contributed by atoms with Gasteiger partial charge in [-0.3, -0.25) is 0 Å². The molecule has 0 amide bonds. The van der Waals surface area contributed by atoms with Gasteiger partial charge in [-0.15, -0.1) is 0 Å². The molecule has 1 atom stereocenters. The third-order valence-electron chi connectivity index (χ3n) is 3.37. The Morgan fingerprint density at radius 3 is 3.00 bits per heavy atom. The lowest BCUT2D eigenvalue weighted by Crippen LogP contribution is -2.19. The van der Waals surface area contributed by atoms with Gasteiger partial charge in [-0.2, -0.15) is 5.10 Å². The van der Waals surface area contributed by atoms with E-state index in [2.05, 4.69) is 27.6 Å². The van der Waals surface area contributed by atoms with Crippen LogP contribution in [0.3, 0.4) is 0 Å². The number of hydrogen-bond acceptors (Lipinski definition) is 2. The molecule has 1 saturated heterocycles. The smallest absolute Gasteiger partial charge is 0.151 e. The second kappa shape index (κ2) is 5.06. The number of fused-ring (bicyclic) bond motifs is 1. The van der Waals surface area contributed by atoms with Crippen molar-refractivity contribution in [1.82, 2.24) is 9.78 Å². The van der Waals surface area contributed by atoms with Gasteiger partial charge in [0.25, 0.3) is 0 Å². The lowest BCUT2D eigenvalue weighted by Gasteiger charge is -2.23. The highest BCUT2D eigenvalue weighted by molar-refractivity contribution is 9.10. The molecule has 0 bridgehead atoms. The summed E-state index contributed by atoms with van der Waals surface area (Å²) in [5.74, 6) is -0.292. The quantitative estimate of drug-likeness (QED) is 0.824. The minimum absolute atomic E-state index is 0.180. The third kappa shape index (κ3) is 2.21. The van der Waals surface area contributed by atoms with E-state index in [-0.39, 0.29) is 12.0 Å². The molecule has 2 heterocycles. The molecule has 3 rings (SSSR count). The van der Waals surface area contributed by atoms with E-state index in [0.29, 0.717) is 22.3 Å². The number of rotatable bonds is 2. The summed E-state index contributed by atoms with van der Waals surface area (Å²) < 4.78 is 22.3. The van der Waals surface area contributed by atoms with Crippen LogP contribution in [0.4, 0.5) is 4.39 Å². The van der Waals surface area contributed by atoms with Gasteiger partial charge in [-0.05, 0) is 37.5 Å². The van der Waals surface area contributed by atoms with Crippen molar-refractivity contribution in [2.45, 2.75) is 25.5 Å². The summed E-state index contributed by atoms with van der Waals surface area (Å²) in [7, 11) is 0. The molecular formula is C14H14BrFN2O. The first-order valence-corrected chi connectivity index (χ1v) is 7.11. The van der Waals surface area contributed by atoms with E-state index in [0.717, 1.165) is 24.6 Å². The molecule has 0 N–H and O–H groups in total.